The lowest BCUT2D eigenvalue weighted by atomic mass is 9.54. The summed E-state index contributed by atoms with van der Waals surface area (Å²) < 4.78 is 11.0. The summed E-state index contributed by atoms with van der Waals surface area (Å²) in [5, 5.41) is 3.16. The number of rotatable bonds is 8. The van der Waals surface area contributed by atoms with E-state index in [1.54, 1.807) is 7.11 Å². The summed E-state index contributed by atoms with van der Waals surface area (Å²) in [6.45, 7) is 8.17. The van der Waals surface area contributed by atoms with Crippen LogP contribution in [-0.4, -0.2) is 44.4 Å². The van der Waals surface area contributed by atoms with Crippen LogP contribution in [0.1, 0.15) is 59.3 Å². The van der Waals surface area contributed by atoms with Crippen molar-refractivity contribution in [2.24, 2.45) is 16.6 Å². The molecule has 5 heteroatoms. The number of methoxy groups -OCH3 is 1. The number of hydrogen-bond donors (Lipinski definition) is 2. The second-order valence-electron chi connectivity index (χ2n) is 7.97. The minimum Gasteiger partial charge on any atom is -0.385 e. The van der Waals surface area contributed by atoms with Crippen LogP contribution >= 0.6 is 0 Å². The van der Waals surface area contributed by atoms with Crippen LogP contribution in [0.5, 0.6) is 0 Å². The molecule has 23 heavy (non-hydrogen) atoms. The second kappa shape index (κ2) is 7.08. The molecule has 2 aliphatic carbocycles. The molecule has 0 aliphatic heterocycles. The van der Waals surface area contributed by atoms with E-state index in [0.29, 0.717) is 19.6 Å². The van der Waals surface area contributed by atoms with Crippen LogP contribution in [0.3, 0.4) is 0 Å². The van der Waals surface area contributed by atoms with E-state index in [0.717, 1.165) is 13.0 Å². The molecule has 134 valence electrons. The van der Waals surface area contributed by atoms with Gasteiger partial charge in [-0.25, -0.2) is 0 Å². The molecule has 0 radical (unpaired) electrons. The maximum atomic E-state index is 12.8. The first kappa shape index (κ1) is 18.7. The van der Waals surface area contributed by atoms with Gasteiger partial charge in [0.2, 0.25) is 5.91 Å². The van der Waals surface area contributed by atoms with Crippen molar-refractivity contribution >= 4 is 5.91 Å². The molecule has 2 unspecified atom stereocenters. The molecule has 5 nitrogen and oxygen atoms in total. The first-order valence-electron chi connectivity index (χ1n) is 8.99. The van der Waals surface area contributed by atoms with Crippen molar-refractivity contribution < 1.29 is 14.3 Å². The van der Waals surface area contributed by atoms with Gasteiger partial charge < -0.3 is 20.5 Å². The predicted octanol–water partition coefficient (Wildman–Crippen LogP) is 2.23. The largest absolute Gasteiger partial charge is 0.385 e. The Labute approximate surface area is 140 Å². The van der Waals surface area contributed by atoms with Gasteiger partial charge in [-0.15, -0.1) is 0 Å². The standard InChI is InChI=1S/C18H34N2O3/c1-5-23-14-12-18(19,16(14,2)3)15(21)20-13-17(10-11-22-4)8-6-7-9-17/h14H,5-13,19H2,1-4H3,(H,20,21). The Morgan fingerprint density at radius 2 is 1.96 bits per heavy atom. The van der Waals surface area contributed by atoms with Gasteiger partial charge in [0, 0.05) is 38.7 Å². The summed E-state index contributed by atoms with van der Waals surface area (Å²) in [5.74, 6) is -0.0258. The summed E-state index contributed by atoms with van der Waals surface area (Å²) in [6.07, 6.45) is 6.49. The smallest absolute Gasteiger partial charge is 0.240 e. The molecule has 0 heterocycles. The Kier molecular flexibility index (Phi) is 5.75. The molecule has 2 saturated carbocycles. The zero-order valence-electron chi connectivity index (χ0n) is 15.2. The third-order valence-corrected chi connectivity index (χ3v) is 6.36. The van der Waals surface area contributed by atoms with Gasteiger partial charge in [-0.2, -0.15) is 0 Å². The molecule has 2 rings (SSSR count). The zero-order chi connectivity index (χ0) is 17.1. The number of amides is 1. The lowest BCUT2D eigenvalue weighted by Gasteiger charge is -2.57. The summed E-state index contributed by atoms with van der Waals surface area (Å²) in [6, 6.07) is 0. The average Bonchev–Trinajstić information content (AvgIpc) is 2.99. The molecule has 0 saturated heterocycles. The number of nitrogens with two attached hydrogens (primary N) is 1. The number of carbonyl (C=O) groups excluding carboxylic acids is 1. The van der Waals surface area contributed by atoms with Crippen molar-refractivity contribution in [3.63, 3.8) is 0 Å². The molecule has 0 aromatic heterocycles. The van der Waals surface area contributed by atoms with Crippen molar-refractivity contribution in [3.8, 4) is 0 Å². The highest BCUT2D eigenvalue weighted by molar-refractivity contribution is 5.88. The van der Waals surface area contributed by atoms with E-state index in [-0.39, 0.29) is 22.8 Å². The topological polar surface area (TPSA) is 73.6 Å². The van der Waals surface area contributed by atoms with Crippen molar-refractivity contribution in [1.29, 1.82) is 0 Å². The molecule has 0 bridgehead atoms. The summed E-state index contributed by atoms with van der Waals surface area (Å²) in [4.78, 5) is 12.8. The Balaban J connectivity index is 1.94. The number of nitrogens with one attached hydrogen (secondary N) is 1. The lowest BCUT2D eigenvalue weighted by molar-refractivity contribution is -0.171. The Morgan fingerprint density at radius 1 is 1.30 bits per heavy atom. The van der Waals surface area contributed by atoms with Crippen molar-refractivity contribution in [2.45, 2.75) is 70.9 Å². The number of hydrogen-bond acceptors (Lipinski definition) is 4. The SMILES string of the molecule is CCOC1CC(N)(C(=O)NCC2(CCOC)CCCC2)C1(C)C. The van der Waals surface area contributed by atoms with Crippen LogP contribution in [0.2, 0.25) is 0 Å². The van der Waals surface area contributed by atoms with Crippen LogP contribution in [0.25, 0.3) is 0 Å². The molecule has 1 amide bonds. The van der Waals surface area contributed by atoms with E-state index in [2.05, 4.69) is 5.32 Å². The molecule has 0 aromatic carbocycles. The van der Waals surface area contributed by atoms with Gasteiger partial charge in [0.05, 0.1) is 6.10 Å². The van der Waals surface area contributed by atoms with Gasteiger partial charge in [0.1, 0.15) is 5.54 Å². The Bertz CT molecular complexity index is 418. The molecule has 0 spiro atoms. The lowest BCUT2D eigenvalue weighted by Crippen LogP contribution is -2.76. The van der Waals surface area contributed by atoms with Crippen LogP contribution in [0.15, 0.2) is 0 Å². The van der Waals surface area contributed by atoms with Gasteiger partial charge in [-0.1, -0.05) is 26.7 Å². The van der Waals surface area contributed by atoms with Gasteiger partial charge in [0.15, 0.2) is 0 Å². The van der Waals surface area contributed by atoms with E-state index in [4.69, 9.17) is 15.2 Å². The third kappa shape index (κ3) is 3.42. The van der Waals surface area contributed by atoms with E-state index < -0.39 is 5.54 Å². The van der Waals surface area contributed by atoms with E-state index in [9.17, 15) is 4.79 Å². The fourth-order valence-electron chi connectivity index (χ4n) is 4.20. The maximum Gasteiger partial charge on any atom is 0.240 e. The van der Waals surface area contributed by atoms with Crippen molar-refractivity contribution in [2.75, 3.05) is 26.9 Å². The molecule has 3 N–H and O–H groups in total. The predicted molar refractivity (Wildman–Crippen MR) is 91.1 cm³/mol. The van der Waals surface area contributed by atoms with E-state index in [1.807, 2.05) is 20.8 Å². The number of ether oxygens (including phenoxy) is 2. The zero-order valence-corrected chi connectivity index (χ0v) is 15.2. The Morgan fingerprint density at radius 3 is 2.48 bits per heavy atom. The number of carbonyl (C=O) groups is 1. The van der Waals surface area contributed by atoms with Gasteiger partial charge in [-0.3, -0.25) is 4.79 Å². The average molecular weight is 326 g/mol. The molecular formula is C18H34N2O3. The normalized spacial score (nSPS) is 31.6. The molecule has 2 atom stereocenters. The minimum atomic E-state index is -0.826. The van der Waals surface area contributed by atoms with Crippen LogP contribution in [-0.2, 0) is 14.3 Å². The van der Waals surface area contributed by atoms with Crippen LogP contribution in [0.4, 0.5) is 0 Å². The second-order valence-corrected chi connectivity index (χ2v) is 7.97. The quantitative estimate of drug-likeness (QED) is 0.717. The summed E-state index contributed by atoms with van der Waals surface area (Å²) in [7, 11) is 1.74. The third-order valence-electron chi connectivity index (χ3n) is 6.36. The fraction of sp³-hybridized carbons (Fsp3) is 0.944. The highest BCUT2D eigenvalue weighted by Crippen LogP contribution is 2.50. The van der Waals surface area contributed by atoms with Gasteiger partial charge >= 0.3 is 0 Å². The minimum absolute atomic E-state index is 0.0258. The van der Waals surface area contributed by atoms with Crippen LogP contribution in [0, 0.1) is 10.8 Å². The maximum absolute atomic E-state index is 12.8. The summed E-state index contributed by atoms with van der Waals surface area (Å²) >= 11 is 0. The highest BCUT2D eigenvalue weighted by Gasteiger charge is 2.62. The molecule has 2 fully saturated rings. The molecule has 0 aromatic rings. The first-order valence-corrected chi connectivity index (χ1v) is 8.99. The highest BCUT2D eigenvalue weighted by atomic mass is 16.5. The monoisotopic (exact) mass is 326 g/mol. The Hall–Kier alpha value is -0.650. The summed E-state index contributed by atoms with van der Waals surface area (Å²) in [5.41, 5.74) is 5.49. The molecule has 2 aliphatic rings. The molecular weight excluding hydrogens is 292 g/mol. The van der Waals surface area contributed by atoms with Crippen LogP contribution < -0.4 is 11.1 Å². The fourth-order valence-corrected chi connectivity index (χ4v) is 4.20. The van der Waals surface area contributed by atoms with Crippen molar-refractivity contribution in [3.05, 3.63) is 0 Å². The van der Waals surface area contributed by atoms with E-state index in [1.165, 1.54) is 25.7 Å². The van der Waals surface area contributed by atoms with E-state index >= 15 is 0 Å². The van der Waals surface area contributed by atoms with Gasteiger partial charge in [-0.05, 0) is 31.6 Å². The van der Waals surface area contributed by atoms with Crippen molar-refractivity contribution in [1.82, 2.24) is 5.32 Å². The van der Waals surface area contributed by atoms with Gasteiger partial charge in [0.25, 0.3) is 0 Å². The first-order chi connectivity index (χ1) is 10.8.